The standard InChI is InChI=1S/C8H14N4OS/c1-12(8-11-10-6-14-8)5-7-4-9-2-3-13-7/h6-7,9H,2-5H2,1H3. The van der Waals surface area contributed by atoms with Gasteiger partial charge >= 0.3 is 0 Å². The molecule has 0 spiro atoms. The SMILES string of the molecule is CN(CC1CNCCO1)c1nncs1. The van der Waals surface area contributed by atoms with Gasteiger partial charge < -0.3 is 15.0 Å². The number of hydrogen-bond donors (Lipinski definition) is 1. The summed E-state index contributed by atoms with van der Waals surface area (Å²) in [6, 6.07) is 0. The lowest BCUT2D eigenvalue weighted by atomic mass is 10.3. The van der Waals surface area contributed by atoms with Crippen LogP contribution >= 0.6 is 11.3 Å². The third-order valence-electron chi connectivity index (χ3n) is 2.16. The summed E-state index contributed by atoms with van der Waals surface area (Å²) in [7, 11) is 2.01. The van der Waals surface area contributed by atoms with E-state index in [2.05, 4.69) is 20.4 Å². The molecule has 1 aromatic heterocycles. The maximum absolute atomic E-state index is 5.60. The Morgan fingerprint density at radius 2 is 2.71 bits per heavy atom. The fraction of sp³-hybridized carbons (Fsp3) is 0.750. The van der Waals surface area contributed by atoms with Crippen LogP contribution in [0.1, 0.15) is 0 Å². The number of morpholine rings is 1. The molecule has 78 valence electrons. The van der Waals surface area contributed by atoms with Gasteiger partial charge in [-0.3, -0.25) is 0 Å². The molecule has 1 aliphatic heterocycles. The molecule has 1 N–H and O–H groups in total. The molecule has 1 aliphatic rings. The van der Waals surface area contributed by atoms with Crippen LogP contribution in [0.4, 0.5) is 5.13 Å². The second-order valence-corrected chi connectivity index (χ2v) is 4.11. The van der Waals surface area contributed by atoms with Crippen LogP contribution in [-0.4, -0.2) is 49.6 Å². The minimum Gasteiger partial charge on any atom is -0.374 e. The Kier molecular flexibility index (Phi) is 3.28. The topological polar surface area (TPSA) is 50.3 Å². The Morgan fingerprint density at radius 1 is 1.79 bits per heavy atom. The average Bonchev–Trinajstić information content (AvgIpc) is 2.72. The predicted molar refractivity (Wildman–Crippen MR) is 55.8 cm³/mol. The third-order valence-corrected chi connectivity index (χ3v) is 2.96. The molecule has 1 saturated heterocycles. The summed E-state index contributed by atoms with van der Waals surface area (Å²) in [4.78, 5) is 2.08. The van der Waals surface area contributed by atoms with Gasteiger partial charge in [0, 0.05) is 26.7 Å². The average molecular weight is 214 g/mol. The van der Waals surface area contributed by atoms with Gasteiger partial charge in [0.1, 0.15) is 5.51 Å². The normalized spacial score (nSPS) is 22.2. The lowest BCUT2D eigenvalue weighted by molar-refractivity contribution is 0.0340. The fourth-order valence-electron chi connectivity index (χ4n) is 1.45. The summed E-state index contributed by atoms with van der Waals surface area (Å²) in [5, 5.41) is 12.1. The van der Waals surface area contributed by atoms with Crippen LogP contribution in [0.2, 0.25) is 0 Å². The number of anilines is 1. The van der Waals surface area contributed by atoms with E-state index in [0.29, 0.717) is 0 Å². The van der Waals surface area contributed by atoms with Crippen molar-refractivity contribution >= 4 is 16.5 Å². The van der Waals surface area contributed by atoms with Crippen molar-refractivity contribution in [2.24, 2.45) is 0 Å². The quantitative estimate of drug-likeness (QED) is 0.765. The second kappa shape index (κ2) is 4.68. The molecule has 1 fully saturated rings. The highest BCUT2D eigenvalue weighted by atomic mass is 32.1. The summed E-state index contributed by atoms with van der Waals surface area (Å²) in [5.41, 5.74) is 1.74. The Balaban J connectivity index is 1.84. The highest BCUT2D eigenvalue weighted by Crippen LogP contribution is 2.14. The highest BCUT2D eigenvalue weighted by molar-refractivity contribution is 7.13. The molecular formula is C8H14N4OS. The van der Waals surface area contributed by atoms with E-state index in [0.717, 1.165) is 31.4 Å². The monoisotopic (exact) mass is 214 g/mol. The zero-order valence-corrected chi connectivity index (χ0v) is 8.96. The van der Waals surface area contributed by atoms with Crippen LogP contribution in [0.15, 0.2) is 5.51 Å². The summed E-state index contributed by atoms with van der Waals surface area (Å²) in [5.74, 6) is 0. The molecule has 1 unspecified atom stereocenters. The number of likely N-dealkylation sites (N-methyl/N-ethyl adjacent to an activating group) is 1. The number of nitrogens with one attached hydrogen (secondary N) is 1. The number of ether oxygens (including phenoxy) is 1. The Bertz CT molecular complexity index is 260. The van der Waals surface area contributed by atoms with E-state index in [1.165, 1.54) is 0 Å². The van der Waals surface area contributed by atoms with Crippen molar-refractivity contribution < 1.29 is 4.74 Å². The number of rotatable bonds is 3. The van der Waals surface area contributed by atoms with Gasteiger partial charge in [0.2, 0.25) is 5.13 Å². The molecule has 2 heterocycles. The molecular weight excluding hydrogens is 200 g/mol. The van der Waals surface area contributed by atoms with Gasteiger partial charge in [0.15, 0.2) is 0 Å². The van der Waals surface area contributed by atoms with Crippen LogP contribution in [0.5, 0.6) is 0 Å². The molecule has 0 saturated carbocycles. The zero-order valence-electron chi connectivity index (χ0n) is 8.14. The Hall–Kier alpha value is -0.720. The number of aromatic nitrogens is 2. The first-order valence-electron chi connectivity index (χ1n) is 4.66. The van der Waals surface area contributed by atoms with Crippen molar-refractivity contribution in [3.05, 3.63) is 5.51 Å². The maximum Gasteiger partial charge on any atom is 0.207 e. The van der Waals surface area contributed by atoms with E-state index in [1.54, 1.807) is 16.8 Å². The van der Waals surface area contributed by atoms with E-state index >= 15 is 0 Å². The lowest BCUT2D eigenvalue weighted by Crippen LogP contribution is -2.44. The molecule has 5 nitrogen and oxygen atoms in total. The first kappa shape index (κ1) is 9.82. The van der Waals surface area contributed by atoms with Gasteiger partial charge in [-0.2, -0.15) is 0 Å². The Morgan fingerprint density at radius 3 is 3.36 bits per heavy atom. The number of nitrogens with zero attached hydrogens (tertiary/aromatic N) is 3. The molecule has 0 radical (unpaired) electrons. The van der Waals surface area contributed by atoms with Gasteiger partial charge in [-0.05, 0) is 0 Å². The smallest absolute Gasteiger partial charge is 0.207 e. The summed E-state index contributed by atoms with van der Waals surface area (Å²) < 4.78 is 5.60. The summed E-state index contributed by atoms with van der Waals surface area (Å²) >= 11 is 1.55. The first-order valence-corrected chi connectivity index (χ1v) is 5.54. The van der Waals surface area contributed by atoms with Crippen LogP contribution < -0.4 is 10.2 Å². The van der Waals surface area contributed by atoms with Crippen molar-refractivity contribution in [3.8, 4) is 0 Å². The minimum absolute atomic E-state index is 0.262. The fourth-order valence-corrected chi connectivity index (χ4v) is 1.99. The van der Waals surface area contributed by atoms with Gasteiger partial charge in [0.25, 0.3) is 0 Å². The minimum atomic E-state index is 0.262. The lowest BCUT2D eigenvalue weighted by Gasteiger charge is -2.27. The molecule has 14 heavy (non-hydrogen) atoms. The van der Waals surface area contributed by atoms with Crippen LogP contribution in [0, 0.1) is 0 Å². The van der Waals surface area contributed by atoms with Crippen LogP contribution in [0.3, 0.4) is 0 Å². The van der Waals surface area contributed by atoms with Crippen molar-refractivity contribution in [2.45, 2.75) is 6.10 Å². The van der Waals surface area contributed by atoms with Gasteiger partial charge in [-0.1, -0.05) is 11.3 Å². The molecule has 0 aromatic carbocycles. The summed E-state index contributed by atoms with van der Waals surface area (Å²) in [6.07, 6.45) is 0.262. The largest absolute Gasteiger partial charge is 0.374 e. The summed E-state index contributed by atoms with van der Waals surface area (Å²) in [6.45, 7) is 3.54. The van der Waals surface area contributed by atoms with E-state index in [-0.39, 0.29) is 6.10 Å². The van der Waals surface area contributed by atoms with Gasteiger partial charge in [-0.15, -0.1) is 10.2 Å². The van der Waals surface area contributed by atoms with E-state index < -0.39 is 0 Å². The van der Waals surface area contributed by atoms with Gasteiger partial charge in [0.05, 0.1) is 12.7 Å². The molecule has 6 heteroatoms. The molecule has 0 bridgehead atoms. The molecule has 0 aliphatic carbocycles. The Labute approximate surface area is 87.1 Å². The first-order chi connectivity index (χ1) is 6.86. The van der Waals surface area contributed by atoms with Crippen LogP contribution in [-0.2, 0) is 4.74 Å². The van der Waals surface area contributed by atoms with Crippen molar-refractivity contribution in [1.82, 2.24) is 15.5 Å². The molecule has 1 atom stereocenters. The zero-order chi connectivity index (χ0) is 9.80. The van der Waals surface area contributed by atoms with Crippen molar-refractivity contribution in [3.63, 3.8) is 0 Å². The maximum atomic E-state index is 5.60. The van der Waals surface area contributed by atoms with Crippen molar-refractivity contribution in [1.29, 1.82) is 0 Å². The predicted octanol–water partition coefficient (Wildman–Crippen LogP) is -0.0373. The van der Waals surface area contributed by atoms with Crippen LogP contribution in [0.25, 0.3) is 0 Å². The van der Waals surface area contributed by atoms with E-state index in [4.69, 9.17) is 4.74 Å². The van der Waals surface area contributed by atoms with E-state index in [1.807, 2.05) is 7.05 Å². The van der Waals surface area contributed by atoms with Crippen molar-refractivity contribution in [2.75, 3.05) is 38.2 Å². The van der Waals surface area contributed by atoms with E-state index in [9.17, 15) is 0 Å². The highest BCUT2D eigenvalue weighted by Gasteiger charge is 2.16. The molecule has 2 rings (SSSR count). The second-order valence-electron chi connectivity index (χ2n) is 3.30. The number of hydrogen-bond acceptors (Lipinski definition) is 6. The van der Waals surface area contributed by atoms with Gasteiger partial charge in [-0.25, -0.2) is 0 Å². The molecule has 0 amide bonds. The molecule has 1 aromatic rings. The third kappa shape index (κ3) is 2.40.